The zero-order valence-corrected chi connectivity index (χ0v) is 29.3. The first kappa shape index (κ1) is 38.8. The van der Waals surface area contributed by atoms with Crippen molar-refractivity contribution in [2.24, 2.45) is 22.3 Å². The number of unbranched alkanes of at least 4 members (excludes halogenated alkanes) is 12. The fourth-order valence-corrected chi connectivity index (χ4v) is 6.20. The van der Waals surface area contributed by atoms with Crippen molar-refractivity contribution in [1.29, 1.82) is 0 Å². The molecule has 0 radical (unpaired) electrons. The second kappa shape index (κ2) is 18.5. The molecule has 0 saturated carbocycles. The van der Waals surface area contributed by atoms with Gasteiger partial charge in [-0.2, -0.15) is 0 Å². The van der Waals surface area contributed by atoms with Crippen LogP contribution in [0.3, 0.4) is 0 Å². The second-order valence-corrected chi connectivity index (χ2v) is 15.6. The van der Waals surface area contributed by atoms with E-state index in [9.17, 15) is 9.59 Å². The maximum absolute atomic E-state index is 13.2. The molecule has 0 saturated heterocycles. The summed E-state index contributed by atoms with van der Waals surface area (Å²) in [5.41, 5.74) is 13.3. The molecule has 4 N–H and O–H groups in total. The fraction of sp³-hybridized carbons (Fsp3) is 0.842. The number of hydrogen-bond acceptors (Lipinski definition) is 4. The molecule has 0 fully saturated rings. The molecular weight excluding hydrogens is 516 g/mol. The molecule has 4 nitrogen and oxygen atoms in total. The van der Waals surface area contributed by atoms with E-state index >= 15 is 0 Å². The molecule has 4 heteroatoms. The zero-order chi connectivity index (χ0) is 31.9. The number of carbonyl (C=O) groups is 2. The Morgan fingerprint density at radius 2 is 0.690 bits per heavy atom. The van der Waals surface area contributed by atoms with Crippen molar-refractivity contribution in [3.8, 4) is 0 Å². The molecule has 1 rings (SSSR count). The van der Waals surface area contributed by atoms with Gasteiger partial charge in [0.25, 0.3) is 0 Å². The number of allylic oxidation sites excluding steroid dienone is 4. The van der Waals surface area contributed by atoms with Crippen molar-refractivity contribution in [2.45, 2.75) is 195 Å². The molecule has 0 aliphatic heterocycles. The van der Waals surface area contributed by atoms with Gasteiger partial charge in [-0.25, -0.2) is 0 Å². The van der Waals surface area contributed by atoms with Gasteiger partial charge in [0.2, 0.25) is 0 Å². The van der Waals surface area contributed by atoms with E-state index in [1.807, 2.05) is 0 Å². The normalized spacial score (nSPS) is 17.6. The van der Waals surface area contributed by atoms with E-state index in [0.717, 1.165) is 51.4 Å². The van der Waals surface area contributed by atoms with Gasteiger partial charge < -0.3 is 11.5 Å². The summed E-state index contributed by atoms with van der Waals surface area (Å²) >= 11 is 0. The molecule has 2 unspecified atom stereocenters. The van der Waals surface area contributed by atoms with Crippen LogP contribution in [0, 0.1) is 10.8 Å². The van der Waals surface area contributed by atoms with Crippen LogP contribution in [0.1, 0.15) is 184 Å². The highest BCUT2D eigenvalue weighted by atomic mass is 16.1. The minimum Gasteiger partial charge on any atom is -0.325 e. The summed E-state index contributed by atoms with van der Waals surface area (Å²) in [6.45, 7) is 17.2. The molecule has 0 heterocycles. The summed E-state index contributed by atoms with van der Waals surface area (Å²) < 4.78 is 0. The Labute approximate surface area is 261 Å². The SMILES string of the molecule is CCC(C)(N)CCCCCCCCCC(C)(C)C1=CC(=O)C(C(C)(C)CCCCCCCCCC(C)(N)CC)=CC1=O. The predicted molar refractivity (Wildman–Crippen MR) is 183 cm³/mol. The van der Waals surface area contributed by atoms with Crippen LogP contribution in [0.4, 0.5) is 0 Å². The van der Waals surface area contributed by atoms with E-state index in [-0.39, 0.29) is 33.5 Å². The topological polar surface area (TPSA) is 86.2 Å². The van der Waals surface area contributed by atoms with Gasteiger partial charge >= 0.3 is 0 Å². The van der Waals surface area contributed by atoms with Gasteiger partial charge in [0.1, 0.15) is 0 Å². The van der Waals surface area contributed by atoms with Gasteiger partial charge in [-0.15, -0.1) is 0 Å². The highest BCUT2D eigenvalue weighted by Gasteiger charge is 2.36. The molecule has 0 aromatic carbocycles. The van der Waals surface area contributed by atoms with Crippen LogP contribution in [-0.2, 0) is 9.59 Å². The molecule has 1 aliphatic carbocycles. The van der Waals surface area contributed by atoms with E-state index in [0.29, 0.717) is 11.1 Å². The molecule has 0 spiro atoms. The molecule has 0 aromatic heterocycles. The molecule has 244 valence electrons. The molecule has 0 bridgehead atoms. The first-order valence-corrected chi connectivity index (χ1v) is 17.7. The standard InChI is InChI=1S/C38H70N2O2/c1-9-37(7,39)27-23-19-15-11-13-17-21-25-35(3,4)31-29-34(42)32(30-33(31)41)36(5,6)26-22-18-14-12-16-20-24-28-38(8,40)10-2/h29-30H,9-28,39-40H2,1-8H3. The van der Waals surface area contributed by atoms with Crippen LogP contribution < -0.4 is 11.5 Å². The van der Waals surface area contributed by atoms with Crippen molar-refractivity contribution in [3.05, 3.63) is 23.3 Å². The largest absolute Gasteiger partial charge is 0.325 e. The van der Waals surface area contributed by atoms with E-state index < -0.39 is 0 Å². The third-order valence-electron chi connectivity index (χ3n) is 10.3. The average molecular weight is 587 g/mol. The van der Waals surface area contributed by atoms with Crippen molar-refractivity contribution < 1.29 is 9.59 Å². The summed E-state index contributed by atoms with van der Waals surface area (Å²) in [6, 6.07) is 0. The van der Waals surface area contributed by atoms with Crippen LogP contribution in [-0.4, -0.2) is 22.6 Å². The Morgan fingerprint density at radius 1 is 0.452 bits per heavy atom. The lowest BCUT2D eigenvalue weighted by molar-refractivity contribution is -0.116. The van der Waals surface area contributed by atoms with Crippen LogP contribution in [0.15, 0.2) is 23.3 Å². The molecule has 1 aliphatic rings. The smallest absolute Gasteiger partial charge is 0.182 e. The number of nitrogens with two attached hydrogens (primary N) is 2. The van der Waals surface area contributed by atoms with Crippen LogP contribution in [0.2, 0.25) is 0 Å². The maximum Gasteiger partial charge on any atom is 0.182 e. The number of ketones is 2. The predicted octanol–water partition coefficient (Wildman–Crippen LogP) is 10.3. The summed E-state index contributed by atoms with van der Waals surface area (Å²) in [5.74, 6) is 0.0802. The van der Waals surface area contributed by atoms with E-state index in [2.05, 4.69) is 55.4 Å². The summed E-state index contributed by atoms with van der Waals surface area (Å²) in [7, 11) is 0. The minimum absolute atomic E-state index is 0.00782. The monoisotopic (exact) mass is 587 g/mol. The van der Waals surface area contributed by atoms with Crippen LogP contribution in [0.25, 0.3) is 0 Å². The Bertz CT molecular complexity index is 804. The number of rotatable bonds is 24. The highest BCUT2D eigenvalue weighted by Crippen LogP contribution is 2.40. The highest BCUT2D eigenvalue weighted by molar-refractivity contribution is 6.20. The summed E-state index contributed by atoms with van der Waals surface area (Å²) in [5, 5.41) is 0. The quantitative estimate of drug-likeness (QED) is 0.0870. The summed E-state index contributed by atoms with van der Waals surface area (Å²) in [6.07, 6.45) is 26.6. The van der Waals surface area contributed by atoms with Crippen molar-refractivity contribution in [1.82, 2.24) is 0 Å². The Morgan fingerprint density at radius 3 is 0.952 bits per heavy atom. The number of hydrogen-bond donors (Lipinski definition) is 2. The van der Waals surface area contributed by atoms with E-state index in [1.165, 1.54) is 77.0 Å². The van der Waals surface area contributed by atoms with Crippen LogP contribution in [0.5, 0.6) is 0 Å². The first-order chi connectivity index (χ1) is 19.6. The average Bonchev–Trinajstić information content (AvgIpc) is 2.91. The molecule has 42 heavy (non-hydrogen) atoms. The maximum atomic E-state index is 13.2. The van der Waals surface area contributed by atoms with E-state index in [1.54, 1.807) is 12.2 Å². The van der Waals surface area contributed by atoms with Crippen LogP contribution >= 0.6 is 0 Å². The fourth-order valence-electron chi connectivity index (χ4n) is 6.20. The Balaban J connectivity index is 2.36. The third-order valence-corrected chi connectivity index (χ3v) is 10.3. The molecular formula is C38H70N2O2. The van der Waals surface area contributed by atoms with Gasteiger partial charge in [0.15, 0.2) is 11.6 Å². The van der Waals surface area contributed by atoms with Gasteiger partial charge in [-0.3, -0.25) is 9.59 Å². The Hall–Kier alpha value is -1.26. The molecule has 0 aromatic rings. The van der Waals surface area contributed by atoms with E-state index in [4.69, 9.17) is 11.5 Å². The first-order valence-electron chi connectivity index (χ1n) is 17.7. The lowest BCUT2D eigenvalue weighted by Gasteiger charge is -2.32. The van der Waals surface area contributed by atoms with Crippen molar-refractivity contribution in [3.63, 3.8) is 0 Å². The molecule has 2 atom stereocenters. The van der Waals surface area contributed by atoms with Crippen molar-refractivity contribution in [2.75, 3.05) is 0 Å². The minimum atomic E-state index is -0.274. The Kier molecular flexibility index (Phi) is 17.1. The number of carbonyl (C=O) groups excluding carboxylic acids is 2. The summed E-state index contributed by atoms with van der Waals surface area (Å²) in [4.78, 5) is 26.5. The third kappa shape index (κ3) is 15.0. The zero-order valence-electron chi connectivity index (χ0n) is 29.3. The lowest BCUT2D eigenvalue weighted by atomic mass is 9.70. The van der Waals surface area contributed by atoms with Gasteiger partial charge in [0, 0.05) is 22.2 Å². The van der Waals surface area contributed by atoms with Gasteiger partial charge in [0.05, 0.1) is 0 Å². The van der Waals surface area contributed by atoms with Crippen molar-refractivity contribution >= 4 is 11.6 Å². The molecule has 0 amide bonds. The second-order valence-electron chi connectivity index (χ2n) is 15.6. The van der Waals surface area contributed by atoms with Gasteiger partial charge in [-0.1, -0.05) is 131 Å². The lowest BCUT2D eigenvalue weighted by Crippen LogP contribution is -2.34. The van der Waals surface area contributed by atoms with Gasteiger partial charge in [-0.05, 0) is 75.4 Å².